The zero-order chi connectivity index (χ0) is 26.1. The second kappa shape index (κ2) is 10.7. The molecule has 2 atom stereocenters. The first-order valence-electron chi connectivity index (χ1n) is 12.7. The third-order valence-electron chi connectivity index (χ3n) is 7.23. The van der Waals surface area contributed by atoms with Gasteiger partial charge in [0.1, 0.15) is 0 Å². The van der Waals surface area contributed by atoms with Crippen LogP contribution < -0.4 is 15.1 Å². The highest BCUT2D eigenvalue weighted by Crippen LogP contribution is 2.44. The molecule has 1 saturated heterocycles. The van der Waals surface area contributed by atoms with Gasteiger partial charge in [0.05, 0.1) is 17.8 Å². The van der Waals surface area contributed by atoms with E-state index in [1.54, 1.807) is 0 Å². The minimum atomic E-state index is -0.0728. The van der Waals surface area contributed by atoms with E-state index in [9.17, 15) is 0 Å². The summed E-state index contributed by atoms with van der Waals surface area (Å²) < 4.78 is 3.39. The molecule has 0 aliphatic carbocycles. The van der Waals surface area contributed by atoms with Gasteiger partial charge in [-0.15, -0.1) is 0 Å². The summed E-state index contributed by atoms with van der Waals surface area (Å²) in [5.41, 5.74) is 8.06. The molecule has 1 N–H and O–H groups in total. The van der Waals surface area contributed by atoms with Gasteiger partial charge in [-0.05, 0) is 112 Å². The Bertz CT molecular complexity index is 1380. The van der Waals surface area contributed by atoms with E-state index in [4.69, 9.17) is 17.2 Å². The Morgan fingerprint density at radius 3 is 2.24 bits per heavy atom. The Labute approximate surface area is 233 Å². The molecule has 1 aliphatic heterocycles. The van der Waals surface area contributed by atoms with Crippen molar-refractivity contribution in [3.05, 3.63) is 106 Å². The summed E-state index contributed by atoms with van der Waals surface area (Å²) in [4.78, 5) is 9.30. The second-order valence-electron chi connectivity index (χ2n) is 9.32. The average Bonchev–Trinajstić information content (AvgIpc) is 3.41. The van der Waals surface area contributed by atoms with Gasteiger partial charge in [-0.2, -0.15) is 0 Å². The number of nitrogens with one attached hydrogen (secondary N) is 1. The first-order valence-corrected chi connectivity index (χ1v) is 13.9. The number of halogens is 1. The van der Waals surface area contributed by atoms with Crippen LogP contribution in [0.1, 0.15) is 48.6 Å². The molecule has 5 nitrogen and oxygen atoms in total. The van der Waals surface area contributed by atoms with E-state index in [0.29, 0.717) is 5.11 Å². The monoisotopic (exact) mass is 573 g/mol. The number of hydrogen-bond donors (Lipinski definition) is 1. The van der Waals surface area contributed by atoms with Crippen molar-refractivity contribution in [2.24, 2.45) is 0 Å². The summed E-state index contributed by atoms with van der Waals surface area (Å²) in [5.74, 6) is 0. The molecule has 0 unspecified atom stereocenters. The van der Waals surface area contributed by atoms with Gasteiger partial charge in [0.2, 0.25) is 0 Å². The maximum atomic E-state index is 5.91. The maximum Gasteiger partial charge on any atom is 0.174 e. The number of rotatable bonds is 7. The summed E-state index contributed by atoms with van der Waals surface area (Å²) in [6, 6.07) is 25.5. The van der Waals surface area contributed by atoms with Gasteiger partial charge in [0.15, 0.2) is 5.11 Å². The Morgan fingerprint density at radius 2 is 1.62 bits per heavy atom. The van der Waals surface area contributed by atoms with Crippen molar-refractivity contribution in [3.8, 4) is 5.69 Å². The highest BCUT2D eigenvalue weighted by atomic mass is 79.9. The van der Waals surface area contributed by atoms with E-state index in [0.717, 1.165) is 34.6 Å². The van der Waals surface area contributed by atoms with Gasteiger partial charge in [0.25, 0.3) is 0 Å². The molecule has 0 amide bonds. The number of aromatic nitrogens is 2. The normalized spacial score (nSPS) is 17.2. The van der Waals surface area contributed by atoms with Crippen molar-refractivity contribution >= 4 is 44.6 Å². The SMILES string of the molecule is CCN(CC)c1ccc(-n2c(C)cc([C@H]3[C@@H](c4ccccn4)NC(=S)N3c3ccc(Br)cc3)c2C)cc1. The molecular formula is C30H32BrN5S. The van der Waals surface area contributed by atoms with Crippen LogP contribution in [0.25, 0.3) is 5.69 Å². The van der Waals surface area contributed by atoms with Crippen molar-refractivity contribution in [2.45, 2.75) is 39.8 Å². The first kappa shape index (κ1) is 25.5. The van der Waals surface area contributed by atoms with Crippen molar-refractivity contribution < 1.29 is 0 Å². The summed E-state index contributed by atoms with van der Waals surface area (Å²) >= 11 is 9.48. The van der Waals surface area contributed by atoms with Gasteiger partial charge in [-0.25, -0.2) is 0 Å². The van der Waals surface area contributed by atoms with Crippen molar-refractivity contribution in [1.82, 2.24) is 14.9 Å². The third-order valence-corrected chi connectivity index (χ3v) is 8.07. The largest absolute Gasteiger partial charge is 0.372 e. The topological polar surface area (TPSA) is 36.3 Å². The highest BCUT2D eigenvalue weighted by Gasteiger charge is 2.42. The van der Waals surface area contributed by atoms with Gasteiger partial charge in [0, 0.05) is 52.2 Å². The van der Waals surface area contributed by atoms with Crippen LogP contribution in [-0.4, -0.2) is 27.8 Å². The fourth-order valence-corrected chi connectivity index (χ4v) is 6.05. The Hall–Kier alpha value is -3.16. The summed E-state index contributed by atoms with van der Waals surface area (Å²) in [6.45, 7) is 10.8. The lowest BCUT2D eigenvalue weighted by molar-refractivity contribution is 0.565. The van der Waals surface area contributed by atoms with Crippen LogP contribution in [0.4, 0.5) is 11.4 Å². The molecule has 2 aromatic carbocycles. The predicted octanol–water partition coefficient (Wildman–Crippen LogP) is 7.27. The standard InChI is InChI=1S/C30H32BrN5S/c1-5-34(6-2)23-14-16-24(17-15-23)35-20(3)19-26(21(35)4)29-28(27-9-7-8-18-32-27)33-30(37)36(29)25-12-10-22(31)11-13-25/h7-19,28-29H,5-6H2,1-4H3,(H,33,37)/t28-,29+/m1/s1. The summed E-state index contributed by atoms with van der Waals surface area (Å²) in [6.07, 6.45) is 1.85. The first-order chi connectivity index (χ1) is 17.9. The number of pyridine rings is 1. The molecule has 5 rings (SSSR count). The molecule has 0 saturated carbocycles. The Kier molecular flexibility index (Phi) is 7.36. The van der Waals surface area contributed by atoms with Gasteiger partial charge >= 0.3 is 0 Å². The number of hydrogen-bond acceptors (Lipinski definition) is 3. The molecule has 0 bridgehead atoms. The van der Waals surface area contributed by atoms with Crippen LogP contribution in [0.2, 0.25) is 0 Å². The lowest BCUT2D eigenvalue weighted by Crippen LogP contribution is -2.29. The van der Waals surface area contributed by atoms with E-state index in [1.165, 1.54) is 22.6 Å². The molecule has 7 heteroatoms. The average molecular weight is 575 g/mol. The van der Waals surface area contributed by atoms with Crippen LogP contribution in [0.5, 0.6) is 0 Å². The molecule has 1 fully saturated rings. The zero-order valence-electron chi connectivity index (χ0n) is 21.6. The Morgan fingerprint density at radius 1 is 0.946 bits per heavy atom. The lowest BCUT2D eigenvalue weighted by Gasteiger charge is -2.28. The van der Waals surface area contributed by atoms with Gasteiger partial charge in [-0.3, -0.25) is 4.98 Å². The highest BCUT2D eigenvalue weighted by molar-refractivity contribution is 9.10. The molecule has 3 heterocycles. The number of anilines is 2. The van der Waals surface area contributed by atoms with Crippen LogP contribution in [0.15, 0.2) is 83.5 Å². The van der Waals surface area contributed by atoms with Gasteiger partial charge < -0.3 is 19.7 Å². The molecule has 4 aromatic rings. The van der Waals surface area contributed by atoms with Crippen LogP contribution in [-0.2, 0) is 0 Å². The molecule has 190 valence electrons. The van der Waals surface area contributed by atoms with Crippen LogP contribution in [0.3, 0.4) is 0 Å². The number of benzene rings is 2. The number of aryl methyl sites for hydroxylation is 1. The van der Waals surface area contributed by atoms with Crippen molar-refractivity contribution in [1.29, 1.82) is 0 Å². The third kappa shape index (κ3) is 4.78. The molecule has 1 aliphatic rings. The van der Waals surface area contributed by atoms with E-state index in [1.807, 2.05) is 18.3 Å². The van der Waals surface area contributed by atoms with Crippen molar-refractivity contribution in [2.75, 3.05) is 22.9 Å². The van der Waals surface area contributed by atoms with Crippen LogP contribution >= 0.6 is 28.1 Å². The molecule has 2 aromatic heterocycles. The van der Waals surface area contributed by atoms with Crippen molar-refractivity contribution in [3.63, 3.8) is 0 Å². The lowest BCUT2D eigenvalue weighted by atomic mass is 9.96. The summed E-state index contributed by atoms with van der Waals surface area (Å²) in [7, 11) is 0. The fraction of sp³-hybridized carbons (Fsp3) is 0.267. The van der Waals surface area contributed by atoms with Gasteiger partial charge in [-0.1, -0.05) is 22.0 Å². The predicted molar refractivity (Wildman–Crippen MR) is 161 cm³/mol. The molecule has 0 spiro atoms. The number of thiocarbonyl (C=S) groups is 1. The summed E-state index contributed by atoms with van der Waals surface area (Å²) in [5, 5.41) is 4.28. The quantitative estimate of drug-likeness (QED) is 0.235. The van der Waals surface area contributed by atoms with Crippen LogP contribution in [0, 0.1) is 13.8 Å². The molecule has 0 radical (unpaired) electrons. The van der Waals surface area contributed by atoms with E-state index in [-0.39, 0.29) is 12.1 Å². The molecular weight excluding hydrogens is 542 g/mol. The van der Waals surface area contributed by atoms with E-state index in [2.05, 4.69) is 124 Å². The van der Waals surface area contributed by atoms with E-state index < -0.39 is 0 Å². The minimum absolute atomic E-state index is 0.0431. The molecule has 37 heavy (non-hydrogen) atoms. The zero-order valence-corrected chi connectivity index (χ0v) is 24.1. The maximum absolute atomic E-state index is 5.91. The smallest absolute Gasteiger partial charge is 0.174 e. The fourth-order valence-electron chi connectivity index (χ4n) is 5.44. The Balaban J connectivity index is 1.61. The number of nitrogens with zero attached hydrogens (tertiary/aromatic N) is 4. The van der Waals surface area contributed by atoms with E-state index >= 15 is 0 Å². The minimum Gasteiger partial charge on any atom is -0.372 e. The second-order valence-corrected chi connectivity index (χ2v) is 10.6.